The summed E-state index contributed by atoms with van der Waals surface area (Å²) in [5, 5.41) is 11.3. The predicted molar refractivity (Wildman–Crippen MR) is 71.5 cm³/mol. The van der Waals surface area contributed by atoms with Gasteiger partial charge in [-0.3, -0.25) is 4.79 Å². The minimum absolute atomic E-state index is 0.190. The van der Waals surface area contributed by atoms with E-state index in [4.69, 9.17) is 14.6 Å². The van der Waals surface area contributed by atoms with Crippen molar-refractivity contribution in [3.63, 3.8) is 0 Å². The molecule has 1 aromatic carbocycles. The van der Waals surface area contributed by atoms with Crippen LogP contribution >= 0.6 is 0 Å². The molecule has 20 heavy (non-hydrogen) atoms. The standard InChI is InChI=1S/C14H15NO5/c1-14(2,13(17)18)15-12(16)6-4-9-3-5-10-11(7-9)20-8-19-10/h3-7H,8H2,1-2H3,(H,15,16)(H,17,18)/b6-4+. The number of carboxylic acid groups (broad SMARTS) is 1. The summed E-state index contributed by atoms with van der Waals surface area (Å²) in [5.41, 5.74) is -0.548. The van der Waals surface area contributed by atoms with Crippen LogP contribution in [0.3, 0.4) is 0 Å². The van der Waals surface area contributed by atoms with E-state index in [0.717, 1.165) is 5.56 Å². The second-order valence-electron chi connectivity index (χ2n) is 4.87. The molecule has 0 atom stereocenters. The van der Waals surface area contributed by atoms with Crippen molar-refractivity contribution in [3.8, 4) is 11.5 Å². The SMILES string of the molecule is CC(C)(NC(=O)/C=C/c1ccc2c(c1)OCO2)C(=O)O. The average molecular weight is 277 g/mol. The van der Waals surface area contributed by atoms with Crippen molar-refractivity contribution < 1.29 is 24.2 Å². The van der Waals surface area contributed by atoms with E-state index in [1.54, 1.807) is 24.3 Å². The summed E-state index contributed by atoms with van der Waals surface area (Å²) in [6.45, 7) is 3.03. The van der Waals surface area contributed by atoms with Gasteiger partial charge in [-0.25, -0.2) is 4.79 Å². The highest BCUT2D eigenvalue weighted by Gasteiger charge is 2.27. The van der Waals surface area contributed by atoms with Crippen molar-refractivity contribution in [1.29, 1.82) is 0 Å². The van der Waals surface area contributed by atoms with Crippen LogP contribution in [0, 0.1) is 0 Å². The molecular weight excluding hydrogens is 262 g/mol. The smallest absolute Gasteiger partial charge is 0.328 e. The normalized spacial score (nSPS) is 13.5. The molecule has 0 spiro atoms. The molecule has 0 aromatic heterocycles. The van der Waals surface area contributed by atoms with Crippen molar-refractivity contribution in [2.24, 2.45) is 0 Å². The number of benzene rings is 1. The van der Waals surface area contributed by atoms with Gasteiger partial charge < -0.3 is 19.9 Å². The molecule has 0 radical (unpaired) electrons. The topological polar surface area (TPSA) is 84.9 Å². The minimum Gasteiger partial charge on any atom is -0.480 e. The van der Waals surface area contributed by atoms with Crippen LogP contribution in [0.1, 0.15) is 19.4 Å². The van der Waals surface area contributed by atoms with Gasteiger partial charge in [-0.15, -0.1) is 0 Å². The third-order valence-electron chi connectivity index (χ3n) is 2.79. The first-order valence-electron chi connectivity index (χ1n) is 6.02. The van der Waals surface area contributed by atoms with Gasteiger partial charge in [-0.1, -0.05) is 6.07 Å². The average Bonchev–Trinajstić information content (AvgIpc) is 2.82. The maximum absolute atomic E-state index is 11.7. The van der Waals surface area contributed by atoms with Crippen molar-refractivity contribution in [2.45, 2.75) is 19.4 Å². The van der Waals surface area contributed by atoms with Crippen molar-refractivity contribution in [3.05, 3.63) is 29.8 Å². The van der Waals surface area contributed by atoms with Gasteiger partial charge in [0.2, 0.25) is 12.7 Å². The zero-order valence-corrected chi connectivity index (χ0v) is 11.2. The maximum atomic E-state index is 11.7. The monoisotopic (exact) mass is 277 g/mol. The van der Waals surface area contributed by atoms with Gasteiger partial charge in [0.05, 0.1) is 0 Å². The summed E-state index contributed by atoms with van der Waals surface area (Å²) in [6, 6.07) is 5.27. The Balaban J connectivity index is 2.02. The Hall–Kier alpha value is -2.50. The van der Waals surface area contributed by atoms with Crippen molar-refractivity contribution in [1.82, 2.24) is 5.32 Å². The van der Waals surface area contributed by atoms with Crippen LogP contribution in [0.2, 0.25) is 0 Å². The number of ether oxygens (including phenoxy) is 2. The first kappa shape index (κ1) is 13.9. The Labute approximate surface area is 116 Å². The van der Waals surface area contributed by atoms with E-state index in [1.807, 2.05) is 0 Å². The van der Waals surface area contributed by atoms with E-state index in [0.29, 0.717) is 11.5 Å². The van der Waals surface area contributed by atoms with Crippen LogP contribution < -0.4 is 14.8 Å². The molecular formula is C14H15NO5. The molecule has 1 amide bonds. The molecule has 6 nitrogen and oxygen atoms in total. The molecule has 0 aliphatic carbocycles. The predicted octanol–water partition coefficient (Wildman–Crippen LogP) is 1.41. The number of hydrogen-bond acceptors (Lipinski definition) is 4. The van der Waals surface area contributed by atoms with Crippen LogP contribution in [0.25, 0.3) is 6.08 Å². The lowest BCUT2D eigenvalue weighted by atomic mass is 10.1. The summed E-state index contributed by atoms with van der Waals surface area (Å²) < 4.78 is 10.4. The number of nitrogens with one attached hydrogen (secondary N) is 1. The Kier molecular flexibility index (Phi) is 3.65. The number of carbonyl (C=O) groups excluding carboxylic acids is 1. The first-order valence-corrected chi connectivity index (χ1v) is 6.02. The van der Waals surface area contributed by atoms with Gasteiger partial charge >= 0.3 is 5.97 Å². The fourth-order valence-electron chi connectivity index (χ4n) is 1.59. The number of carbonyl (C=O) groups is 2. The van der Waals surface area contributed by atoms with Gasteiger partial charge in [0.15, 0.2) is 11.5 Å². The molecule has 106 valence electrons. The highest BCUT2D eigenvalue weighted by atomic mass is 16.7. The van der Waals surface area contributed by atoms with E-state index in [1.165, 1.54) is 19.9 Å². The quantitative estimate of drug-likeness (QED) is 0.813. The zero-order chi connectivity index (χ0) is 14.8. The molecule has 0 saturated carbocycles. The minimum atomic E-state index is -1.31. The number of fused-ring (bicyclic) bond motifs is 1. The molecule has 1 aromatic rings. The van der Waals surface area contributed by atoms with Crippen LogP contribution in [0.15, 0.2) is 24.3 Å². The van der Waals surface area contributed by atoms with Gasteiger partial charge in [-0.05, 0) is 37.6 Å². The number of aliphatic carboxylic acids is 1. The zero-order valence-electron chi connectivity index (χ0n) is 11.2. The summed E-state index contributed by atoms with van der Waals surface area (Å²) in [6.07, 6.45) is 2.86. The number of rotatable bonds is 4. The highest BCUT2D eigenvalue weighted by molar-refractivity contribution is 5.95. The number of amides is 1. The lowest BCUT2D eigenvalue weighted by Crippen LogP contribution is -2.49. The van der Waals surface area contributed by atoms with Gasteiger partial charge in [-0.2, -0.15) is 0 Å². The molecule has 0 bridgehead atoms. The summed E-state index contributed by atoms with van der Waals surface area (Å²) in [5.74, 6) is -0.283. The second-order valence-corrected chi connectivity index (χ2v) is 4.87. The van der Waals surface area contributed by atoms with E-state index in [-0.39, 0.29) is 6.79 Å². The van der Waals surface area contributed by atoms with Crippen molar-refractivity contribution >= 4 is 18.0 Å². The molecule has 6 heteroatoms. The van der Waals surface area contributed by atoms with Crippen LogP contribution in [0.5, 0.6) is 11.5 Å². The Bertz CT molecular complexity index is 577. The third-order valence-corrected chi connectivity index (χ3v) is 2.79. The number of carboxylic acids is 1. The van der Waals surface area contributed by atoms with E-state index in [9.17, 15) is 9.59 Å². The molecule has 0 saturated heterocycles. The molecule has 2 N–H and O–H groups in total. The van der Waals surface area contributed by atoms with Gasteiger partial charge in [0.1, 0.15) is 5.54 Å². The van der Waals surface area contributed by atoms with E-state index in [2.05, 4.69) is 5.32 Å². The molecule has 2 rings (SSSR count). The Morgan fingerprint density at radius 3 is 2.70 bits per heavy atom. The van der Waals surface area contributed by atoms with Crippen LogP contribution in [0.4, 0.5) is 0 Å². The summed E-state index contributed by atoms with van der Waals surface area (Å²) in [7, 11) is 0. The van der Waals surface area contributed by atoms with Gasteiger partial charge in [0.25, 0.3) is 0 Å². The number of hydrogen-bond donors (Lipinski definition) is 2. The molecule has 1 heterocycles. The fraction of sp³-hybridized carbons (Fsp3) is 0.286. The van der Waals surface area contributed by atoms with Crippen LogP contribution in [-0.4, -0.2) is 29.3 Å². The highest BCUT2D eigenvalue weighted by Crippen LogP contribution is 2.32. The Morgan fingerprint density at radius 1 is 1.30 bits per heavy atom. The lowest BCUT2D eigenvalue weighted by molar-refractivity contribution is -0.145. The van der Waals surface area contributed by atoms with E-state index >= 15 is 0 Å². The fourth-order valence-corrected chi connectivity index (χ4v) is 1.59. The summed E-state index contributed by atoms with van der Waals surface area (Å²) in [4.78, 5) is 22.5. The second kappa shape index (κ2) is 5.24. The maximum Gasteiger partial charge on any atom is 0.328 e. The molecule has 0 fully saturated rings. The van der Waals surface area contributed by atoms with E-state index < -0.39 is 17.4 Å². The summed E-state index contributed by atoms with van der Waals surface area (Å²) >= 11 is 0. The molecule has 0 unspecified atom stereocenters. The third kappa shape index (κ3) is 3.09. The first-order chi connectivity index (χ1) is 9.38. The van der Waals surface area contributed by atoms with Gasteiger partial charge in [0, 0.05) is 6.08 Å². The van der Waals surface area contributed by atoms with Crippen molar-refractivity contribution in [2.75, 3.05) is 6.79 Å². The largest absolute Gasteiger partial charge is 0.480 e. The Morgan fingerprint density at radius 2 is 2.00 bits per heavy atom. The lowest BCUT2D eigenvalue weighted by Gasteiger charge is -2.19. The molecule has 1 aliphatic rings. The van der Waals surface area contributed by atoms with Crippen LogP contribution in [-0.2, 0) is 9.59 Å². The molecule has 1 aliphatic heterocycles.